The monoisotopic (exact) mass is 690 g/mol. The lowest BCUT2D eigenvalue weighted by molar-refractivity contribution is -0.123. The summed E-state index contributed by atoms with van der Waals surface area (Å²) in [6, 6.07) is 21.6. The van der Waals surface area contributed by atoms with Gasteiger partial charge in [-0.2, -0.15) is 0 Å². The molecule has 0 N–H and O–H groups in total. The van der Waals surface area contributed by atoms with Crippen LogP contribution in [0.1, 0.15) is 66.3 Å². The molecule has 7 rings (SSSR count). The number of aryl methyl sites for hydroxylation is 1. The molecule has 4 aromatic rings. The summed E-state index contributed by atoms with van der Waals surface area (Å²) >= 11 is 3.59. The Morgan fingerprint density at radius 1 is 0.979 bits per heavy atom. The second-order valence-corrected chi connectivity index (χ2v) is 13.7. The number of hydrogen-bond acceptors (Lipinski definition) is 6. The number of benzene rings is 3. The number of Topliss-reactive ketones (excluding diaryl/α,β-unsaturated/α-hetero) is 1. The molecule has 0 radical (unpaired) electrons. The van der Waals surface area contributed by atoms with Gasteiger partial charge >= 0.3 is 5.97 Å². The molecule has 3 aliphatic rings. The van der Waals surface area contributed by atoms with Crippen LogP contribution in [0.3, 0.4) is 0 Å². The third-order valence-electron chi connectivity index (χ3n) is 10.0. The molecule has 3 aromatic carbocycles. The maximum Gasteiger partial charge on any atom is 0.339 e. The first kappa shape index (κ1) is 31.2. The summed E-state index contributed by atoms with van der Waals surface area (Å²) in [5, 5.41) is 0.627. The molecule has 238 valence electrons. The largest absolute Gasteiger partial charge is 0.450 e. The molecule has 2 fully saturated rings. The van der Waals surface area contributed by atoms with E-state index < -0.39 is 12.1 Å². The van der Waals surface area contributed by atoms with E-state index in [9.17, 15) is 19.2 Å². The number of ether oxygens (including phenoxy) is 1. The zero-order valence-corrected chi connectivity index (χ0v) is 28.1. The van der Waals surface area contributed by atoms with E-state index in [0.717, 1.165) is 22.0 Å². The number of ketones is 1. The molecule has 1 saturated heterocycles. The Hall–Kier alpha value is -4.43. The second-order valence-electron chi connectivity index (χ2n) is 12.8. The van der Waals surface area contributed by atoms with E-state index in [-0.39, 0.29) is 41.3 Å². The van der Waals surface area contributed by atoms with Crippen LogP contribution in [0.4, 0.5) is 5.69 Å². The molecule has 1 aliphatic heterocycles. The minimum absolute atomic E-state index is 0.119. The molecule has 2 bridgehead atoms. The first-order valence-electron chi connectivity index (χ1n) is 16.3. The summed E-state index contributed by atoms with van der Waals surface area (Å²) < 4.78 is 6.77. The van der Waals surface area contributed by atoms with Gasteiger partial charge in [-0.1, -0.05) is 90.3 Å². The Morgan fingerprint density at radius 2 is 1.70 bits per heavy atom. The predicted molar refractivity (Wildman–Crippen MR) is 184 cm³/mol. The van der Waals surface area contributed by atoms with Crippen molar-refractivity contribution >= 4 is 56.1 Å². The molecule has 1 saturated carbocycles. The summed E-state index contributed by atoms with van der Waals surface area (Å²) in [5.74, 6) is -1.34. The first-order chi connectivity index (χ1) is 22.7. The van der Waals surface area contributed by atoms with Crippen molar-refractivity contribution in [2.24, 2.45) is 23.7 Å². The van der Waals surface area contributed by atoms with Gasteiger partial charge in [0.15, 0.2) is 6.10 Å². The maximum atomic E-state index is 13.9. The highest BCUT2D eigenvalue weighted by molar-refractivity contribution is 9.10. The van der Waals surface area contributed by atoms with Gasteiger partial charge in [-0.15, -0.1) is 0 Å². The van der Waals surface area contributed by atoms with Crippen molar-refractivity contribution in [3.05, 3.63) is 106 Å². The lowest BCUT2D eigenvalue weighted by Crippen LogP contribution is -2.32. The standard InChI is InChI=1S/C39H35BrN2O5/c1-4-9-32(36(43)24-10-7-6-8-11-24)47-39(46)30-20-31(41-35-22(5-2)17-26(40)19-29(30)35)23-12-14-27(15-13-23)42-37(44)33-25-16-21(3)28(18-25)34(33)38(42)45/h6-8,10-17,19-20,25,28,32-34H,4-5,9,18H2,1-3H3. The van der Waals surface area contributed by atoms with Crippen molar-refractivity contribution in [2.75, 3.05) is 4.90 Å². The van der Waals surface area contributed by atoms with E-state index in [1.807, 2.05) is 44.2 Å². The number of allylic oxidation sites excluding steroid dienone is 2. The number of halogens is 1. The van der Waals surface area contributed by atoms with Crippen LogP contribution in [0.2, 0.25) is 0 Å². The molecule has 2 aliphatic carbocycles. The van der Waals surface area contributed by atoms with Crippen molar-refractivity contribution in [1.29, 1.82) is 0 Å². The van der Waals surface area contributed by atoms with E-state index in [1.165, 1.54) is 10.5 Å². The molecule has 5 atom stereocenters. The molecule has 47 heavy (non-hydrogen) atoms. The molecular weight excluding hydrogens is 656 g/mol. The predicted octanol–water partition coefficient (Wildman–Crippen LogP) is 8.14. The zero-order valence-electron chi connectivity index (χ0n) is 26.5. The summed E-state index contributed by atoms with van der Waals surface area (Å²) in [4.78, 5) is 60.6. The Bertz CT molecular complexity index is 1970. The average molecular weight is 692 g/mol. The van der Waals surface area contributed by atoms with Gasteiger partial charge < -0.3 is 4.74 Å². The van der Waals surface area contributed by atoms with Crippen molar-refractivity contribution < 1.29 is 23.9 Å². The van der Waals surface area contributed by atoms with Gasteiger partial charge in [0.25, 0.3) is 0 Å². The number of rotatable bonds is 9. The SMILES string of the molecule is CCCC(OC(=O)c1cc(-c2ccc(N3C(=O)C4C5C=C(C)C(C5)C4C3=O)cc2)nc2c(CC)cc(Br)cc12)C(=O)c1ccccc1. The van der Waals surface area contributed by atoms with Crippen LogP contribution >= 0.6 is 15.9 Å². The zero-order chi connectivity index (χ0) is 33.0. The summed E-state index contributed by atoms with van der Waals surface area (Å²) in [5.41, 5.74) is 5.44. The van der Waals surface area contributed by atoms with Crippen LogP contribution in [-0.4, -0.2) is 34.7 Å². The number of nitrogens with zero attached hydrogens (tertiary/aromatic N) is 2. The van der Waals surface area contributed by atoms with Gasteiger partial charge in [0, 0.05) is 21.0 Å². The molecule has 2 heterocycles. The number of carbonyl (C=O) groups is 4. The highest BCUT2D eigenvalue weighted by Crippen LogP contribution is 2.56. The molecule has 5 unspecified atom stereocenters. The van der Waals surface area contributed by atoms with E-state index in [1.54, 1.807) is 42.5 Å². The molecule has 0 spiro atoms. The number of pyridine rings is 1. The fourth-order valence-corrected chi connectivity index (χ4v) is 8.25. The third-order valence-corrected chi connectivity index (χ3v) is 10.5. The topological polar surface area (TPSA) is 93.6 Å². The number of amides is 2. The van der Waals surface area contributed by atoms with Crippen molar-refractivity contribution in [2.45, 2.75) is 52.6 Å². The first-order valence-corrected chi connectivity index (χ1v) is 17.1. The summed E-state index contributed by atoms with van der Waals surface area (Å²) in [6.07, 6.45) is 3.87. The smallest absolute Gasteiger partial charge is 0.339 e. The number of anilines is 1. The number of fused-ring (bicyclic) bond motifs is 6. The fraction of sp³-hybridized carbons (Fsp3) is 0.308. The van der Waals surface area contributed by atoms with Gasteiger partial charge in [0.2, 0.25) is 17.6 Å². The minimum atomic E-state index is -0.928. The van der Waals surface area contributed by atoms with E-state index in [4.69, 9.17) is 9.72 Å². The van der Waals surface area contributed by atoms with E-state index in [2.05, 4.69) is 28.9 Å². The molecule has 7 nitrogen and oxygen atoms in total. The van der Waals surface area contributed by atoms with Crippen LogP contribution in [-0.2, 0) is 20.7 Å². The minimum Gasteiger partial charge on any atom is -0.450 e. The fourth-order valence-electron chi connectivity index (χ4n) is 7.74. The summed E-state index contributed by atoms with van der Waals surface area (Å²) in [7, 11) is 0. The van der Waals surface area contributed by atoms with Gasteiger partial charge in [-0.3, -0.25) is 19.3 Å². The lowest BCUT2D eigenvalue weighted by atomic mass is 9.82. The van der Waals surface area contributed by atoms with Crippen LogP contribution in [0.15, 0.2) is 88.9 Å². The van der Waals surface area contributed by atoms with Gasteiger partial charge in [-0.05, 0) is 73.9 Å². The molecule has 8 heteroatoms. The van der Waals surface area contributed by atoms with Crippen molar-refractivity contribution in [1.82, 2.24) is 4.98 Å². The maximum absolute atomic E-state index is 13.9. The molecular formula is C39H35BrN2O5. The summed E-state index contributed by atoms with van der Waals surface area (Å²) in [6.45, 7) is 6.04. The molecule has 2 amide bonds. The Balaban J connectivity index is 1.23. The number of esters is 1. The van der Waals surface area contributed by atoms with E-state index in [0.29, 0.717) is 52.7 Å². The highest BCUT2D eigenvalue weighted by Gasteiger charge is 2.60. The second kappa shape index (κ2) is 12.3. The Kier molecular flexibility index (Phi) is 8.16. The third kappa shape index (κ3) is 5.32. The van der Waals surface area contributed by atoms with Gasteiger partial charge in [0.1, 0.15) is 0 Å². The Labute approximate surface area is 282 Å². The van der Waals surface area contributed by atoms with Crippen molar-refractivity contribution in [3.63, 3.8) is 0 Å². The Morgan fingerprint density at radius 3 is 2.40 bits per heavy atom. The number of carbonyl (C=O) groups excluding carboxylic acids is 4. The van der Waals surface area contributed by atoms with Gasteiger partial charge in [-0.25, -0.2) is 9.78 Å². The van der Waals surface area contributed by atoms with Crippen LogP contribution in [0.5, 0.6) is 0 Å². The molecule has 1 aromatic heterocycles. The quantitative estimate of drug-likeness (QED) is 0.0762. The average Bonchev–Trinajstić information content (AvgIpc) is 3.73. The van der Waals surface area contributed by atoms with Gasteiger partial charge in [0.05, 0.1) is 34.3 Å². The van der Waals surface area contributed by atoms with Crippen LogP contribution < -0.4 is 4.90 Å². The normalized spacial score (nSPS) is 22.0. The number of imide groups is 1. The lowest BCUT2D eigenvalue weighted by Gasteiger charge is -2.19. The van der Waals surface area contributed by atoms with Crippen molar-refractivity contribution in [3.8, 4) is 11.3 Å². The number of aromatic nitrogens is 1. The van der Waals surface area contributed by atoms with E-state index >= 15 is 0 Å². The van der Waals surface area contributed by atoms with Crippen LogP contribution in [0.25, 0.3) is 22.2 Å². The highest BCUT2D eigenvalue weighted by atomic mass is 79.9. The van der Waals surface area contributed by atoms with Crippen LogP contribution in [0, 0.1) is 23.7 Å². The number of hydrogen-bond donors (Lipinski definition) is 0.